The first-order valence-corrected chi connectivity index (χ1v) is 8.41. The van der Waals surface area contributed by atoms with Crippen molar-refractivity contribution in [3.8, 4) is 0 Å². The zero-order valence-corrected chi connectivity index (χ0v) is 14.4. The van der Waals surface area contributed by atoms with Crippen molar-refractivity contribution >= 4 is 22.0 Å². The maximum atomic E-state index is 12.4. The van der Waals surface area contributed by atoms with Gasteiger partial charge in [0.2, 0.25) is 10.0 Å². The Bertz CT molecular complexity index is 709. The fourth-order valence-electron chi connectivity index (χ4n) is 2.04. The van der Waals surface area contributed by atoms with Crippen molar-refractivity contribution in [2.24, 2.45) is 0 Å². The quantitative estimate of drug-likeness (QED) is 0.729. The average Bonchev–Trinajstić information content (AvgIpc) is 2.43. The standard InChI is InChI=1S/C15H21NO6S/c1-10-9-11(5-6-12(10)14(19)22-4)23(20,21)16-15(2,3)8-7-13(17)18/h5-6,9,16H,7-8H2,1-4H3,(H,17,18). The molecule has 2 N–H and O–H groups in total. The molecule has 0 aliphatic rings. The minimum atomic E-state index is -3.83. The Hall–Kier alpha value is -1.93. The third kappa shape index (κ3) is 5.33. The third-order valence-corrected chi connectivity index (χ3v) is 4.98. The number of aryl methyl sites for hydroxylation is 1. The second kappa shape index (κ2) is 7.10. The van der Waals surface area contributed by atoms with Crippen molar-refractivity contribution < 1.29 is 27.9 Å². The van der Waals surface area contributed by atoms with Crippen LogP contribution >= 0.6 is 0 Å². The third-order valence-electron chi connectivity index (χ3n) is 3.29. The summed E-state index contributed by atoms with van der Waals surface area (Å²) in [6.07, 6.45) is 0.0105. The van der Waals surface area contributed by atoms with Gasteiger partial charge in [-0.25, -0.2) is 17.9 Å². The number of benzene rings is 1. The smallest absolute Gasteiger partial charge is 0.338 e. The Morgan fingerprint density at radius 2 is 1.91 bits per heavy atom. The van der Waals surface area contributed by atoms with Crippen LogP contribution in [-0.2, 0) is 19.6 Å². The second-order valence-electron chi connectivity index (χ2n) is 5.85. The number of ether oxygens (including phenoxy) is 1. The molecule has 0 unspecified atom stereocenters. The van der Waals surface area contributed by atoms with Crippen LogP contribution in [0.15, 0.2) is 23.1 Å². The van der Waals surface area contributed by atoms with E-state index in [4.69, 9.17) is 5.11 Å². The van der Waals surface area contributed by atoms with E-state index in [0.717, 1.165) is 0 Å². The molecular weight excluding hydrogens is 322 g/mol. The maximum absolute atomic E-state index is 12.4. The van der Waals surface area contributed by atoms with Crippen LogP contribution in [0.3, 0.4) is 0 Å². The number of rotatable bonds is 7. The number of carboxylic acid groups (broad SMARTS) is 1. The van der Waals surface area contributed by atoms with E-state index in [-0.39, 0.29) is 23.3 Å². The first kappa shape index (κ1) is 19.1. The molecule has 0 bridgehead atoms. The van der Waals surface area contributed by atoms with E-state index in [1.807, 2.05) is 0 Å². The number of nitrogens with one attached hydrogen (secondary N) is 1. The van der Waals surface area contributed by atoms with E-state index in [2.05, 4.69) is 9.46 Å². The molecule has 8 heteroatoms. The van der Waals surface area contributed by atoms with Crippen LogP contribution in [0.2, 0.25) is 0 Å². The minimum Gasteiger partial charge on any atom is -0.481 e. The lowest BCUT2D eigenvalue weighted by molar-refractivity contribution is -0.137. The molecule has 128 valence electrons. The van der Waals surface area contributed by atoms with Crippen molar-refractivity contribution in [3.05, 3.63) is 29.3 Å². The van der Waals surface area contributed by atoms with Crippen LogP contribution in [-0.4, -0.2) is 38.1 Å². The summed E-state index contributed by atoms with van der Waals surface area (Å²) in [6.45, 7) is 4.84. The second-order valence-corrected chi connectivity index (χ2v) is 7.53. The summed E-state index contributed by atoms with van der Waals surface area (Å²) in [5.41, 5.74) is -0.147. The maximum Gasteiger partial charge on any atom is 0.338 e. The molecule has 0 fully saturated rings. The predicted octanol–water partition coefficient (Wildman–Crippen LogP) is 1.70. The van der Waals surface area contributed by atoms with Gasteiger partial charge in [-0.1, -0.05) is 0 Å². The number of hydrogen-bond acceptors (Lipinski definition) is 5. The molecule has 0 aromatic heterocycles. The zero-order valence-electron chi connectivity index (χ0n) is 13.5. The van der Waals surface area contributed by atoms with Crippen LogP contribution in [0, 0.1) is 6.92 Å². The Kier molecular flexibility index (Phi) is 5.90. The molecular formula is C15H21NO6S. The van der Waals surface area contributed by atoms with Crippen LogP contribution in [0.1, 0.15) is 42.6 Å². The van der Waals surface area contributed by atoms with Crippen LogP contribution < -0.4 is 4.72 Å². The molecule has 0 aliphatic carbocycles. The van der Waals surface area contributed by atoms with Crippen LogP contribution in [0.25, 0.3) is 0 Å². The van der Waals surface area contributed by atoms with Gasteiger partial charge in [0.25, 0.3) is 0 Å². The number of sulfonamides is 1. The van der Waals surface area contributed by atoms with Gasteiger partial charge in [-0.3, -0.25) is 4.79 Å². The van der Waals surface area contributed by atoms with Crippen molar-refractivity contribution in [2.75, 3.05) is 7.11 Å². The summed E-state index contributed by atoms with van der Waals surface area (Å²) < 4.78 is 31.9. The Balaban J connectivity index is 3.03. The van der Waals surface area contributed by atoms with Gasteiger partial charge in [-0.05, 0) is 51.0 Å². The zero-order chi connectivity index (χ0) is 17.8. The number of aliphatic carboxylic acids is 1. The summed E-state index contributed by atoms with van der Waals surface area (Å²) in [4.78, 5) is 22.2. The van der Waals surface area contributed by atoms with Crippen molar-refractivity contribution in [1.29, 1.82) is 0 Å². The topological polar surface area (TPSA) is 110 Å². The lowest BCUT2D eigenvalue weighted by atomic mass is 10.0. The molecule has 1 aromatic rings. The van der Waals surface area contributed by atoms with Gasteiger partial charge in [-0.2, -0.15) is 0 Å². The van der Waals surface area contributed by atoms with Crippen molar-refractivity contribution in [2.45, 2.75) is 44.0 Å². The normalized spacial score (nSPS) is 12.0. The number of carbonyl (C=O) groups excluding carboxylic acids is 1. The number of methoxy groups -OCH3 is 1. The van der Waals surface area contributed by atoms with Crippen molar-refractivity contribution in [3.63, 3.8) is 0 Å². The molecule has 1 rings (SSSR count). The van der Waals surface area contributed by atoms with E-state index in [1.54, 1.807) is 20.8 Å². The fraction of sp³-hybridized carbons (Fsp3) is 0.467. The number of hydrogen-bond donors (Lipinski definition) is 2. The molecule has 7 nitrogen and oxygen atoms in total. The van der Waals surface area contributed by atoms with Crippen LogP contribution in [0.5, 0.6) is 0 Å². The van der Waals surface area contributed by atoms with E-state index >= 15 is 0 Å². The number of carboxylic acids is 1. The first-order valence-electron chi connectivity index (χ1n) is 6.93. The van der Waals surface area contributed by atoms with Gasteiger partial charge in [0, 0.05) is 12.0 Å². The Morgan fingerprint density at radius 3 is 2.39 bits per heavy atom. The highest BCUT2D eigenvalue weighted by atomic mass is 32.2. The fourth-order valence-corrected chi connectivity index (χ4v) is 3.56. The highest BCUT2D eigenvalue weighted by Gasteiger charge is 2.27. The molecule has 0 saturated heterocycles. The van der Waals surface area contributed by atoms with E-state index in [9.17, 15) is 18.0 Å². The highest BCUT2D eigenvalue weighted by Crippen LogP contribution is 2.20. The van der Waals surface area contributed by atoms with E-state index in [1.165, 1.54) is 25.3 Å². The summed E-state index contributed by atoms with van der Waals surface area (Å²) in [5, 5.41) is 8.71. The predicted molar refractivity (Wildman–Crippen MR) is 83.8 cm³/mol. The van der Waals surface area contributed by atoms with Gasteiger partial charge in [0.15, 0.2) is 0 Å². The lowest BCUT2D eigenvalue weighted by Gasteiger charge is -2.25. The molecule has 0 radical (unpaired) electrons. The Labute approximate surface area is 135 Å². The summed E-state index contributed by atoms with van der Waals surface area (Å²) in [5.74, 6) is -1.53. The van der Waals surface area contributed by atoms with Gasteiger partial charge < -0.3 is 9.84 Å². The molecule has 0 saturated carbocycles. The summed E-state index contributed by atoms with van der Waals surface area (Å²) >= 11 is 0. The van der Waals surface area contributed by atoms with Gasteiger partial charge in [0.1, 0.15) is 0 Å². The van der Waals surface area contributed by atoms with E-state index < -0.39 is 27.5 Å². The SMILES string of the molecule is COC(=O)c1ccc(S(=O)(=O)NC(C)(C)CCC(=O)O)cc1C. The number of esters is 1. The Morgan fingerprint density at radius 1 is 1.30 bits per heavy atom. The minimum absolute atomic E-state index is 0.00560. The molecule has 1 aromatic carbocycles. The molecule has 0 aliphatic heterocycles. The molecule has 0 amide bonds. The summed E-state index contributed by atoms with van der Waals surface area (Å²) in [6, 6.07) is 4.08. The van der Waals surface area contributed by atoms with Crippen molar-refractivity contribution in [1.82, 2.24) is 4.72 Å². The molecule has 0 heterocycles. The van der Waals surface area contributed by atoms with Crippen LogP contribution in [0.4, 0.5) is 0 Å². The van der Waals surface area contributed by atoms with Gasteiger partial charge in [0.05, 0.1) is 17.6 Å². The summed E-state index contributed by atoms with van der Waals surface area (Å²) in [7, 11) is -2.58. The molecule has 0 spiro atoms. The number of carbonyl (C=O) groups is 2. The molecule has 0 atom stereocenters. The first-order chi connectivity index (χ1) is 10.5. The largest absolute Gasteiger partial charge is 0.481 e. The van der Waals surface area contributed by atoms with Gasteiger partial charge in [-0.15, -0.1) is 0 Å². The highest BCUT2D eigenvalue weighted by molar-refractivity contribution is 7.89. The molecule has 23 heavy (non-hydrogen) atoms. The average molecular weight is 343 g/mol. The lowest BCUT2D eigenvalue weighted by Crippen LogP contribution is -2.43. The van der Waals surface area contributed by atoms with E-state index in [0.29, 0.717) is 5.56 Å². The monoisotopic (exact) mass is 343 g/mol. The van der Waals surface area contributed by atoms with Gasteiger partial charge >= 0.3 is 11.9 Å².